The molecule has 1 heterocycles. The number of carbonyl (C=O) groups excluding carboxylic acids is 2. The fourth-order valence-electron chi connectivity index (χ4n) is 2.55. The van der Waals surface area contributed by atoms with Crippen molar-refractivity contribution in [2.24, 2.45) is 0 Å². The second-order valence-corrected chi connectivity index (χ2v) is 6.31. The van der Waals surface area contributed by atoms with Gasteiger partial charge in [-0.05, 0) is 60.7 Å². The Morgan fingerprint density at radius 1 is 1.24 bits per heavy atom. The van der Waals surface area contributed by atoms with Crippen molar-refractivity contribution in [1.29, 1.82) is 0 Å². The van der Waals surface area contributed by atoms with Crippen LogP contribution in [0.15, 0.2) is 22.7 Å². The lowest BCUT2D eigenvalue weighted by atomic mass is 10.1. The van der Waals surface area contributed by atoms with E-state index in [-0.39, 0.29) is 11.8 Å². The summed E-state index contributed by atoms with van der Waals surface area (Å²) in [5.41, 5.74) is 1.56. The number of nitrogens with one attached hydrogen (secondary N) is 1. The number of likely N-dealkylation sites (tertiary alicyclic amines) is 1. The summed E-state index contributed by atoms with van der Waals surface area (Å²) in [6.45, 7) is 5.28. The van der Waals surface area contributed by atoms with E-state index in [2.05, 4.69) is 21.2 Å². The highest BCUT2D eigenvalue weighted by Crippen LogP contribution is 2.21. The second-order valence-electron chi connectivity index (χ2n) is 5.52. The largest absolute Gasteiger partial charge is 0.341 e. The fourth-order valence-corrected chi connectivity index (χ4v) is 2.99. The van der Waals surface area contributed by atoms with Crippen LogP contribution >= 0.6 is 15.9 Å². The topological polar surface area (TPSA) is 49.4 Å². The van der Waals surface area contributed by atoms with Gasteiger partial charge in [0.1, 0.15) is 6.04 Å². The average Bonchev–Trinajstić information content (AvgIpc) is 2.50. The molecule has 5 heteroatoms. The lowest BCUT2D eigenvalue weighted by molar-refractivity contribution is -0.133. The van der Waals surface area contributed by atoms with Gasteiger partial charge < -0.3 is 10.2 Å². The van der Waals surface area contributed by atoms with E-state index in [1.54, 1.807) is 13.0 Å². The molecule has 1 N–H and O–H groups in total. The van der Waals surface area contributed by atoms with Gasteiger partial charge in [0.05, 0.1) is 5.56 Å². The van der Waals surface area contributed by atoms with Crippen LogP contribution in [0.3, 0.4) is 0 Å². The molecule has 1 fully saturated rings. The Morgan fingerprint density at radius 3 is 2.57 bits per heavy atom. The number of hydrogen-bond donors (Lipinski definition) is 1. The van der Waals surface area contributed by atoms with Crippen LogP contribution in [0.2, 0.25) is 0 Å². The minimum atomic E-state index is -0.497. The van der Waals surface area contributed by atoms with Crippen molar-refractivity contribution in [3.05, 3.63) is 33.8 Å². The Labute approximate surface area is 134 Å². The predicted molar refractivity (Wildman–Crippen MR) is 86.2 cm³/mol. The number of aryl methyl sites for hydroxylation is 1. The summed E-state index contributed by atoms with van der Waals surface area (Å²) in [6, 6.07) is 5.03. The molecular formula is C16H21BrN2O2. The number of nitrogens with zero attached hydrogens (tertiary/aromatic N) is 1. The highest BCUT2D eigenvalue weighted by Gasteiger charge is 2.24. The smallest absolute Gasteiger partial charge is 0.253 e. The second kappa shape index (κ2) is 7.07. The first-order valence-electron chi connectivity index (χ1n) is 7.35. The summed E-state index contributed by atoms with van der Waals surface area (Å²) in [5, 5.41) is 2.80. The van der Waals surface area contributed by atoms with Crippen molar-refractivity contribution < 1.29 is 9.59 Å². The zero-order valence-electron chi connectivity index (χ0n) is 12.5. The van der Waals surface area contributed by atoms with Crippen molar-refractivity contribution in [3.8, 4) is 0 Å². The van der Waals surface area contributed by atoms with Crippen LogP contribution in [0.4, 0.5) is 0 Å². The molecule has 0 saturated carbocycles. The van der Waals surface area contributed by atoms with Gasteiger partial charge in [-0.2, -0.15) is 0 Å². The Bertz CT molecular complexity index is 539. The van der Waals surface area contributed by atoms with E-state index in [0.717, 1.165) is 36.0 Å². The van der Waals surface area contributed by atoms with Crippen LogP contribution in [0.5, 0.6) is 0 Å². The summed E-state index contributed by atoms with van der Waals surface area (Å²) in [7, 11) is 0. The van der Waals surface area contributed by atoms with E-state index >= 15 is 0 Å². The van der Waals surface area contributed by atoms with Gasteiger partial charge in [-0.3, -0.25) is 9.59 Å². The molecule has 21 heavy (non-hydrogen) atoms. The molecule has 114 valence electrons. The van der Waals surface area contributed by atoms with Crippen molar-refractivity contribution in [1.82, 2.24) is 10.2 Å². The molecular weight excluding hydrogens is 332 g/mol. The highest BCUT2D eigenvalue weighted by atomic mass is 79.9. The Balaban J connectivity index is 2.01. The number of carbonyl (C=O) groups is 2. The van der Waals surface area contributed by atoms with Gasteiger partial charge in [-0.25, -0.2) is 0 Å². The third-order valence-electron chi connectivity index (χ3n) is 3.82. The van der Waals surface area contributed by atoms with Gasteiger partial charge >= 0.3 is 0 Å². The maximum atomic E-state index is 12.3. The standard InChI is InChI=1S/C16H21BrN2O2/c1-11-7-6-8-13(14(11)17)15(20)18-12(2)16(21)19-9-4-3-5-10-19/h6-8,12H,3-5,9-10H2,1-2H3,(H,18,20). The van der Waals surface area contributed by atoms with Gasteiger partial charge in [-0.15, -0.1) is 0 Å². The molecule has 0 radical (unpaired) electrons. The summed E-state index contributed by atoms with van der Waals surface area (Å²) in [5.74, 6) is -0.213. The first kappa shape index (κ1) is 16.0. The third kappa shape index (κ3) is 3.84. The van der Waals surface area contributed by atoms with Gasteiger partial charge in [0.25, 0.3) is 5.91 Å². The zero-order valence-corrected chi connectivity index (χ0v) is 14.1. The molecule has 0 spiro atoms. The molecule has 1 aromatic carbocycles. The van der Waals surface area contributed by atoms with Crippen LogP contribution in [-0.2, 0) is 4.79 Å². The average molecular weight is 353 g/mol. The lowest BCUT2D eigenvalue weighted by Gasteiger charge is -2.29. The number of rotatable bonds is 3. The Hall–Kier alpha value is -1.36. The minimum Gasteiger partial charge on any atom is -0.341 e. The maximum absolute atomic E-state index is 12.3. The van der Waals surface area contributed by atoms with Crippen LogP contribution in [0.25, 0.3) is 0 Å². The summed E-state index contributed by atoms with van der Waals surface area (Å²) in [6.07, 6.45) is 3.28. The molecule has 1 aliphatic heterocycles. The molecule has 2 amide bonds. The maximum Gasteiger partial charge on any atom is 0.253 e. The summed E-state index contributed by atoms with van der Waals surface area (Å²) >= 11 is 3.43. The lowest BCUT2D eigenvalue weighted by Crippen LogP contribution is -2.48. The molecule has 1 unspecified atom stereocenters. The minimum absolute atomic E-state index is 0.00632. The first-order chi connectivity index (χ1) is 10.0. The van der Waals surface area contributed by atoms with Crippen LogP contribution in [-0.4, -0.2) is 35.8 Å². The van der Waals surface area contributed by atoms with Crippen LogP contribution in [0, 0.1) is 6.92 Å². The predicted octanol–water partition coefficient (Wildman–Crippen LogP) is 2.89. The van der Waals surface area contributed by atoms with Crippen molar-refractivity contribution >= 4 is 27.7 Å². The Morgan fingerprint density at radius 2 is 1.90 bits per heavy atom. The molecule has 1 saturated heterocycles. The zero-order chi connectivity index (χ0) is 15.4. The first-order valence-corrected chi connectivity index (χ1v) is 8.15. The number of benzene rings is 1. The van der Waals surface area contributed by atoms with Gasteiger partial charge in [-0.1, -0.05) is 12.1 Å². The SMILES string of the molecule is Cc1cccc(C(=O)NC(C)C(=O)N2CCCCC2)c1Br. The molecule has 2 rings (SSSR count). The highest BCUT2D eigenvalue weighted by molar-refractivity contribution is 9.10. The number of halogens is 1. The van der Waals surface area contributed by atoms with Crippen molar-refractivity contribution in [3.63, 3.8) is 0 Å². The van der Waals surface area contributed by atoms with Gasteiger partial charge in [0.2, 0.25) is 5.91 Å². The Kier molecular flexibility index (Phi) is 5.39. The fraction of sp³-hybridized carbons (Fsp3) is 0.500. The number of piperidine rings is 1. The summed E-state index contributed by atoms with van der Waals surface area (Å²) < 4.78 is 0.778. The third-order valence-corrected chi connectivity index (χ3v) is 4.87. The summed E-state index contributed by atoms with van der Waals surface area (Å²) in [4.78, 5) is 26.5. The van der Waals surface area contributed by atoms with E-state index < -0.39 is 6.04 Å². The van der Waals surface area contributed by atoms with E-state index in [4.69, 9.17) is 0 Å². The normalized spacial score (nSPS) is 16.4. The molecule has 1 aromatic rings. The quantitative estimate of drug-likeness (QED) is 0.909. The molecule has 1 aliphatic rings. The van der Waals surface area contributed by atoms with Crippen molar-refractivity contribution in [2.75, 3.05) is 13.1 Å². The van der Waals surface area contributed by atoms with Crippen LogP contribution < -0.4 is 5.32 Å². The number of amides is 2. The van der Waals surface area contributed by atoms with Crippen LogP contribution in [0.1, 0.15) is 42.1 Å². The molecule has 0 bridgehead atoms. The monoisotopic (exact) mass is 352 g/mol. The van der Waals surface area contributed by atoms with Crippen molar-refractivity contribution in [2.45, 2.75) is 39.2 Å². The molecule has 0 aromatic heterocycles. The van der Waals surface area contributed by atoms with E-state index in [1.165, 1.54) is 6.42 Å². The molecule has 4 nitrogen and oxygen atoms in total. The van der Waals surface area contributed by atoms with E-state index in [0.29, 0.717) is 5.56 Å². The van der Waals surface area contributed by atoms with Gasteiger partial charge in [0.15, 0.2) is 0 Å². The van der Waals surface area contributed by atoms with E-state index in [9.17, 15) is 9.59 Å². The van der Waals surface area contributed by atoms with Gasteiger partial charge in [0, 0.05) is 17.6 Å². The molecule has 1 atom stereocenters. The number of hydrogen-bond acceptors (Lipinski definition) is 2. The molecule has 0 aliphatic carbocycles. The van der Waals surface area contributed by atoms with E-state index in [1.807, 2.05) is 24.0 Å².